The van der Waals surface area contributed by atoms with Crippen LogP contribution in [-0.2, 0) is 0 Å². The third-order valence-electron chi connectivity index (χ3n) is 2.07. The summed E-state index contributed by atoms with van der Waals surface area (Å²) in [4.78, 5) is 4.35. The standard InChI is InChI=1S/C12H15N/c1-4-7-11-8-6-9-13-12(11)10(3)5-2/h4,6-9H,1,5H2,2-3H3/b11-7-,12-10+. The Morgan fingerprint density at radius 2 is 2.38 bits per heavy atom. The topological polar surface area (TPSA) is 12.9 Å². The molecule has 0 aromatic carbocycles. The third kappa shape index (κ3) is 2.28. The van der Waals surface area contributed by atoms with Gasteiger partial charge in [-0.15, -0.1) is 0 Å². The number of aromatic nitrogens is 1. The first kappa shape index (κ1) is 9.72. The monoisotopic (exact) mass is 173 g/mol. The molecule has 1 heterocycles. The summed E-state index contributed by atoms with van der Waals surface area (Å²) >= 11 is 0. The molecule has 0 spiro atoms. The molecular formula is C12H15N. The van der Waals surface area contributed by atoms with Gasteiger partial charge in [0, 0.05) is 11.4 Å². The predicted octanol–water partition coefficient (Wildman–Crippen LogP) is 1.63. The highest BCUT2D eigenvalue weighted by molar-refractivity contribution is 5.43. The van der Waals surface area contributed by atoms with E-state index in [1.807, 2.05) is 18.3 Å². The Bertz CT molecular complexity index is 401. The van der Waals surface area contributed by atoms with Crippen LogP contribution in [0.15, 0.2) is 31.0 Å². The van der Waals surface area contributed by atoms with Crippen molar-refractivity contribution in [3.63, 3.8) is 0 Å². The van der Waals surface area contributed by atoms with E-state index in [0.717, 1.165) is 17.0 Å². The fraction of sp³-hybridized carbons (Fsp3) is 0.250. The molecule has 0 unspecified atom stereocenters. The zero-order valence-corrected chi connectivity index (χ0v) is 8.25. The Morgan fingerprint density at radius 1 is 1.62 bits per heavy atom. The van der Waals surface area contributed by atoms with Gasteiger partial charge in [0.2, 0.25) is 0 Å². The quantitative estimate of drug-likeness (QED) is 0.662. The van der Waals surface area contributed by atoms with Crippen LogP contribution >= 0.6 is 0 Å². The van der Waals surface area contributed by atoms with Gasteiger partial charge >= 0.3 is 0 Å². The molecule has 0 N–H and O–H groups in total. The molecule has 0 amide bonds. The van der Waals surface area contributed by atoms with Gasteiger partial charge in [0.25, 0.3) is 0 Å². The SMILES string of the molecule is C=C/C=c1/cccn/c1=C(\C)CC. The van der Waals surface area contributed by atoms with E-state index in [4.69, 9.17) is 0 Å². The molecule has 0 bridgehead atoms. The number of hydrogen-bond donors (Lipinski definition) is 0. The predicted molar refractivity (Wildman–Crippen MR) is 57.5 cm³/mol. The second-order valence-electron chi connectivity index (χ2n) is 2.98. The van der Waals surface area contributed by atoms with E-state index < -0.39 is 0 Å². The molecule has 0 aliphatic rings. The van der Waals surface area contributed by atoms with Crippen molar-refractivity contribution >= 4 is 11.6 Å². The van der Waals surface area contributed by atoms with Crippen LogP contribution in [0.5, 0.6) is 0 Å². The van der Waals surface area contributed by atoms with Crippen molar-refractivity contribution in [2.45, 2.75) is 20.3 Å². The maximum atomic E-state index is 4.35. The maximum absolute atomic E-state index is 4.35. The largest absolute Gasteiger partial charge is 0.256 e. The molecule has 0 radical (unpaired) electrons. The van der Waals surface area contributed by atoms with Crippen LogP contribution in [0.1, 0.15) is 20.3 Å². The van der Waals surface area contributed by atoms with Gasteiger partial charge < -0.3 is 0 Å². The fourth-order valence-corrected chi connectivity index (χ4v) is 1.20. The summed E-state index contributed by atoms with van der Waals surface area (Å²) in [5.41, 5.74) is 1.31. The number of nitrogens with zero attached hydrogens (tertiary/aromatic N) is 1. The summed E-state index contributed by atoms with van der Waals surface area (Å²) in [5, 5.41) is 2.24. The summed E-state index contributed by atoms with van der Waals surface area (Å²) in [5.74, 6) is 0. The molecule has 1 heteroatoms. The summed E-state index contributed by atoms with van der Waals surface area (Å²) in [6.07, 6.45) is 6.65. The van der Waals surface area contributed by atoms with Crippen molar-refractivity contribution in [1.82, 2.24) is 4.98 Å². The minimum atomic E-state index is 1.04. The highest BCUT2D eigenvalue weighted by Crippen LogP contribution is 1.92. The van der Waals surface area contributed by atoms with Crippen molar-refractivity contribution in [1.29, 1.82) is 0 Å². The lowest BCUT2D eigenvalue weighted by molar-refractivity contribution is 1.13. The molecule has 0 saturated carbocycles. The third-order valence-corrected chi connectivity index (χ3v) is 2.07. The summed E-state index contributed by atoms with van der Waals surface area (Å²) in [7, 11) is 0. The molecule has 0 fully saturated rings. The molecule has 0 saturated heterocycles. The van der Waals surface area contributed by atoms with Crippen LogP contribution in [0.3, 0.4) is 0 Å². The average Bonchev–Trinajstić information content (AvgIpc) is 2.18. The highest BCUT2D eigenvalue weighted by Gasteiger charge is 1.89. The summed E-state index contributed by atoms with van der Waals surface area (Å²) in [6, 6.07) is 4.00. The molecule has 1 aromatic rings. The number of allylic oxidation sites excluding steroid dienone is 1. The Morgan fingerprint density at radius 3 is 3.00 bits per heavy atom. The fourth-order valence-electron chi connectivity index (χ4n) is 1.20. The van der Waals surface area contributed by atoms with Crippen molar-refractivity contribution in [3.8, 4) is 0 Å². The molecule has 1 rings (SSSR count). The van der Waals surface area contributed by atoms with E-state index in [1.54, 1.807) is 6.08 Å². The molecule has 68 valence electrons. The zero-order valence-electron chi connectivity index (χ0n) is 8.25. The van der Waals surface area contributed by atoms with Crippen molar-refractivity contribution in [2.75, 3.05) is 0 Å². The van der Waals surface area contributed by atoms with E-state index in [9.17, 15) is 0 Å². The maximum Gasteiger partial charge on any atom is 0.0691 e. The number of hydrogen-bond acceptors (Lipinski definition) is 1. The Balaban J connectivity index is 3.54. The van der Waals surface area contributed by atoms with Gasteiger partial charge in [-0.2, -0.15) is 0 Å². The second-order valence-corrected chi connectivity index (χ2v) is 2.98. The number of rotatable bonds is 2. The van der Waals surface area contributed by atoms with Crippen molar-refractivity contribution in [3.05, 3.63) is 41.6 Å². The lowest BCUT2D eigenvalue weighted by Gasteiger charge is -1.94. The molecule has 1 nitrogen and oxygen atoms in total. The van der Waals surface area contributed by atoms with E-state index in [2.05, 4.69) is 31.5 Å². The van der Waals surface area contributed by atoms with Crippen molar-refractivity contribution in [2.24, 2.45) is 0 Å². The summed E-state index contributed by atoms with van der Waals surface area (Å²) < 4.78 is 0. The first-order valence-electron chi connectivity index (χ1n) is 4.53. The van der Waals surface area contributed by atoms with E-state index in [0.29, 0.717) is 0 Å². The normalized spacial score (nSPS) is 14.2. The van der Waals surface area contributed by atoms with E-state index in [-0.39, 0.29) is 0 Å². The van der Waals surface area contributed by atoms with Gasteiger partial charge in [-0.25, -0.2) is 0 Å². The Hall–Kier alpha value is -1.37. The van der Waals surface area contributed by atoms with Gasteiger partial charge in [0.15, 0.2) is 0 Å². The van der Waals surface area contributed by atoms with Crippen LogP contribution in [0, 0.1) is 0 Å². The van der Waals surface area contributed by atoms with Crippen LogP contribution in [0.25, 0.3) is 11.6 Å². The smallest absolute Gasteiger partial charge is 0.0691 e. The second kappa shape index (κ2) is 4.61. The minimum absolute atomic E-state index is 1.04. The first-order valence-corrected chi connectivity index (χ1v) is 4.53. The van der Waals surface area contributed by atoms with Gasteiger partial charge in [-0.05, 0) is 25.0 Å². The molecule has 13 heavy (non-hydrogen) atoms. The van der Waals surface area contributed by atoms with E-state index in [1.165, 1.54) is 5.57 Å². The van der Waals surface area contributed by atoms with E-state index >= 15 is 0 Å². The van der Waals surface area contributed by atoms with Gasteiger partial charge in [-0.3, -0.25) is 4.98 Å². The molecule has 0 atom stereocenters. The average molecular weight is 173 g/mol. The number of pyridine rings is 1. The van der Waals surface area contributed by atoms with Gasteiger partial charge in [0.1, 0.15) is 0 Å². The van der Waals surface area contributed by atoms with Gasteiger partial charge in [-0.1, -0.05) is 31.7 Å². The summed E-state index contributed by atoms with van der Waals surface area (Å²) in [6.45, 7) is 7.94. The lowest BCUT2D eigenvalue weighted by Crippen LogP contribution is -2.29. The molecule has 0 aliphatic carbocycles. The van der Waals surface area contributed by atoms with Gasteiger partial charge in [0.05, 0.1) is 5.35 Å². The lowest BCUT2D eigenvalue weighted by atomic mass is 10.2. The van der Waals surface area contributed by atoms with Crippen LogP contribution in [-0.4, -0.2) is 4.98 Å². The zero-order chi connectivity index (χ0) is 9.68. The van der Waals surface area contributed by atoms with Crippen LogP contribution in [0.2, 0.25) is 0 Å². The molecule has 0 aliphatic heterocycles. The Labute approximate surface area is 79.1 Å². The molecule has 1 aromatic heterocycles. The Kier molecular flexibility index (Phi) is 3.44. The van der Waals surface area contributed by atoms with Crippen LogP contribution in [0.4, 0.5) is 0 Å². The van der Waals surface area contributed by atoms with Crippen molar-refractivity contribution < 1.29 is 0 Å². The minimum Gasteiger partial charge on any atom is -0.256 e. The highest BCUT2D eigenvalue weighted by atomic mass is 14.6. The van der Waals surface area contributed by atoms with Crippen LogP contribution < -0.4 is 10.6 Å². The first-order chi connectivity index (χ1) is 6.29. The molecular weight excluding hydrogens is 158 g/mol.